The molecule has 0 aromatic carbocycles. The Labute approximate surface area is 72.9 Å². The number of aromatic nitrogens is 1. The zero-order chi connectivity index (χ0) is 10.1. The molecule has 1 heterocycles. The van der Waals surface area contributed by atoms with Gasteiger partial charge in [-0.25, -0.2) is 0 Å². The summed E-state index contributed by atoms with van der Waals surface area (Å²) in [6, 6.07) is 1.64. The lowest BCUT2D eigenvalue weighted by molar-refractivity contribution is -0.389. The second-order valence-corrected chi connectivity index (χ2v) is 3.50. The fraction of sp³-hybridized carbons (Fsp3) is 0. The summed E-state index contributed by atoms with van der Waals surface area (Å²) in [6.45, 7) is 0. The van der Waals surface area contributed by atoms with Crippen molar-refractivity contribution >= 4 is 15.9 Å². The van der Waals surface area contributed by atoms with Gasteiger partial charge in [-0.3, -0.25) is 4.55 Å². The molecular formula is C5H4N2O5S. The van der Waals surface area contributed by atoms with Gasteiger partial charge in [0.1, 0.15) is 11.1 Å². The lowest BCUT2D eigenvalue weighted by Crippen LogP contribution is -2.00. The Kier molecular flexibility index (Phi) is 2.26. The molecule has 0 bridgehead atoms. The molecule has 1 aromatic rings. The fourth-order valence-electron chi connectivity index (χ4n) is 0.660. The van der Waals surface area contributed by atoms with E-state index in [4.69, 9.17) is 4.55 Å². The van der Waals surface area contributed by atoms with Crippen molar-refractivity contribution in [3.05, 3.63) is 28.4 Å². The maximum atomic E-state index is 10.5. The van der Waals surface area contributed by atoms with Gasteiger partial charge in [0.05, 0.1) is 6.07 Å². The highest BCUT2D eigenvalue weighted by Gasteiger charge is 2.15. The number of rotatable bonds is 2. The third-order valence-electron chi connectivity index (χ3n) is 1.20. The maximum absolute atomic E-state index is 10.5. The van der Waals surface area contributed by atoms with Gasteiger partial charge in [-0.1, -0.05) is 0 Å². The molecular weight excluding hydrogens is 200 g/mol. The van der Waals surface area contributed by atoms with E-state index in [1.807, 2.05) is 0 Å². The Bertz CT molecular complexity index is 440. The second kappa shape index (κ2) is 3.07. The van der Waals surface area contributed by atoms with Gasteiger partial charge in [0, 0.05) is 6.07 Å². The van der Waals surface area contributed by atoms with Crippen LogP contribution in [0.2, 0.25) is 0 Å². The summed E-state index contributed by atoms with van der Waals surface area (Å²) in [5.41, 5.74) is 0. The highest BCUT2D eigenvalue weighted by atomic mass is 32.2. The fourth-order valence-corrected chi connectivity index (χ4v) is 1.15. The summed E-state index contributed by atoms with van der Waals surface area (Å²) in [7, 11) is -4.40. The highest BCUT2D eigenvalue weighted by Crippen LogP contribution is 2.13. The zero-order valence-electron chi connectivity index (χ0n) is 6.11. The van der Waals surface area contributed by atoms with Crippen LogP contribution in [-0.4, -0.2) is 22.9 Å². The van der Waals surface area contributed by atoms with Crippen molar-refractivity contribution in [2.75, 3.05) is 0 Å². The van der Waals surface area contributed by atoms with Gasteiger partial charge in [-0.2, -0.15) is 8.42 Å². The molecule has 0 amide bonds. The van der Waals surface area contributed by atoms with Gasteiger partial charge in [0.25, 0.3) is 10.1 Å². The van der Waals surface area contributed by atoms with Crippen molar-refractivity contribution in [1.29, 1.82) is 0 Å². The number of nitrogens with zero attached hydrogens (tertiary/aromatic N) is 2. The molecule has 0 spiro atoms. The molecule has 1 N–H and O–H groups in total. The van der Waals surface area contributed by atoms with Crippen molar-refractivity contribution < 1.29 is 17.9 Å². The van der Waals surface area contributed by atoms with E-state index >= 15 is 0 Å². The highest BCUT2D eigenvalue weighted by molar-refractivity contribution is 7.85. The first-order valence-electron chi connectivity index (χ1n) is 2.99. The normalized spacial score (nSPS) is 11.2. The summed E-state index contributed by atoms with van der Waals surface area (Å²) in [5, 5.41) is 10.1. The minimum absolute atomic E-state index is 0.547. The van der Waals surface area contributed by atoms with E-state index in [9.17, 15) is 18.5 Å². The Balaban J connectivity index is 3.29. The zero-order valence-corrected chi connectivity index (χ0v) is 6.93. The monoisotopic (exact) mass is 204 g/mol. The third kappa shape index (κ3) is 2.20. The molecule has 0 fully saturated rings. The molecule has 13 heavy (non-hydrogen) atoms. The molecule has 0 radical (unpaired) electrons. The molecule has 0 saturated carbocycles. The number of hydrogen-bond acceptors (Lipinski definition) is 5. The van der Waals surface area contributed by atoms with E-state index < -0.39 is 25.8 Å². The maximum Gasteiger partial charge on any atom is 0.364 e. The molecule has 8 heteroatoms. The predicted molar refractivity (Wildman–Crippen MR) is 40.7 cm³/mol. The Morgan fingerprint density at radius 3 is 2.62 bits per heavy atom. The second-order valence-electron chi connectivity index (χ2n) is 2.08. The van der Waals surface area contributed by atoms with E-state index in [-0.39, 0.29) is 0 Å². The van der Waals surface area contributed by atoms with Crippen LogP contribution in [0, 0.1) is 10.1 Å². The van der Waals surface area contributed by atoms with Crippen LogP contribution in [0.15, 0.2) is 23.2 Å². The molecule has 0 aliphatic heterocycles. The Morgan fingerprint density at radius 1 is 1.54 bits per heavy atom. The van der Waals surface area contributed by atoms with E-state index in [1.165, 1.54) is 0 Å². The molecule has 0 aliphatic rings. The van der Waals surface area contributed by atoms with Crippen LogP contribution in [0.4, 0.5) is 5.82 Å². The minimum atomic E-state index is -4.40. The number of nitro groups is 1. The van der Waals surface area contributed by atoms with Crippen LogP contribution >= 0.6 is 0 Å². The standard InChI is InChI=1S/C5H4N2O5S/c8-7(9)5-3-4(1-2-6-5)13(10,11)12/h1-3H,(H,10,11,12). The predicted octanol–water partition coefficient (Wildman–Crippen LogP) is 0.236. The van der Waals surface area contributed by atoms with Crippen molar-refractivity contribution in [1.82, 2.24) is 4.98 Å². The Hall–Kier alpha value is -1.54. The van der Waals surface area contributed by atoms with Gasteiger partial charge in [0.15, 0.2) is 0 Å². The van der Waals surface area contributed by atoms with Crippen LogP contribution in [0.1, 0.15) is 0 Å². The van der Waals surface area contributed by atoms with E-state index in [0.29, 0.717) is 6.07 Å². The van der Waals surface area contributed by atoms with Crippen molar-refractivity contribution in [2.45, 2.75) is 4.90 Å². The molecule has 70 valence electrons. The van der Waals surface area contributed by atoms with Gasteiger partial charge < -0.3 is 10.1 Å². The van der Waals surface area contributed by atoms with Crippen LogP contribution in [0.5, 0.6) is 0 Å². The quantitative estimate of drug-likeness (QED) is 0.419. The molecule has 0 aliphatic carbocycles. The van der Waals surface area contributed by atoms with Crippen LogP contribution < -0.4 is 0 Å². The lowest BCUT2D eigenvalue weighted by Gasteiger charge is -1.94. The van der Waals surface area contributed by atoms with Gasteiger partial charge in [-0.15, -0.1) is 0 Å². The number of pyridine rings is 1. The minimum Gasteiger partial charge on any atom is -0.358 e. The summed E-state index contributed by atoms with van der Waals surface area (Å²) < 4.78 is 29.5. The SMILES string of the molecule is O=[N+]([O-])c1cc(S(=O)(=O)O)ccn1. The van der Waals surface area contributed by atoms with Crippen LogP contribution in [-0.2, 0) is 10.1 Å². The molecule has 0 saturated heterocycles. The topological polar surface area (TPSA) is 110 Å². The van der Waals surface area contributed by atoms with Gasteiger partial charge >= 0.3 is 5.82 Å². The molecule has 1 aromatic heterocycles. The molecule has 1 rings (SSSR count). The average molecular weight is 204 g/mol. The molecule has 7 nitrogen and oxygen atoms in total. The average Bonchev–Trinajstić information content (AvgIpc) is 2.03. The first-order chi connectivity index (χ1) is 5.91. The Morgan fingerprint density at radius 2 is 2.15 bits per heavy atom. The smallest absolute Gasteiger partial charge is 0.358 e. The van der Waals surface area contributed by atoms with Crippen molar-refractivity contribution in [3.63, 3.8) is 0 Å². The molecule has 0 atom stereocenters. The summed E-state index contributed by atoms with van der Waals surface area (Å²) in [4.78, 5) is 12.0. The third-order valence-corrected chi connectivity index (χ3v) is 2.05. The number of hydrogen-bond donors (Lipinski definition) is 1. The first kappa shape index (κ1) is 9.55. The van der Waals surface area contributed by atoms with Crippen molar-refractivity contribution in [3.8, 4) is 0 Å². The first-order valence-corrected chi connectivity index (χ1v) is 4.43. The van der Waals surface area contributed by atoms with E-state index in [2.05, 4.69) is 4.98 Å². The summed E-state index contributed by atoms with van der Waals surface area (Å²) >= 11 is 0. The summed E-state index contributed by atoms with van der Waals surface area (Å²) in [6.07, 6.45) is 0.932. The van der Waals surface area contributed by atoms with Gasteiger partial charge in [-0.05, 0) is 9.91 Å². The van der Waals surface area contributed by atoms with Crippen LogP contribution in [0.25, 0.3) is 0 Å². The largest absolute Gasteiger partial charge is 0.364 e. The van der Waals surface area contributed by atoms with Crippen molar-refractivity contribution in [2.24, 2.45) is 0 Å². The van der Waals surface area contributed by atoms with E-state index in [1.54, 1.807) is 0 Å². The van der Waals surface area contributed by atoms with E-state index in [0.717, 1.165) is 12.3 Å². The van der Waals surface area contributed by atoms with Crippen LogP contribution in [0.3, 0.4) is 0 Å². The summed E-state index contributed by atoms with van der Waals surface area (Å²) in [5.74, 6) is -0.630. The lowest BCUT2D eigenvalue weighted by atomic mass is 10.5. The molecule has 0 unspecified atom stereocenters. The van der Waals surface area contributed by atoms with Gasteiger partial charge in [0.2, 0.25) is 0 Å².